The van der Waals surface area contributed by atoms with Crippen LogP contribution in [0, 0.1) is 0 Å². The van der Waals surface area contributed by atoms with Crippen LogP contribution in [0.1, 0.15) is 37.9 Å². The number of rotatable bonds is 1. The summed E-state index contributed by atoms with van der Waals surface area (Å²) < 4.78 is 11.4. The monoisotopic (exact) mass is 221 g/mol. The molecule has 1 aliphatic rings. The maximum atomic E-state index is 6.00. The van der Waals surface area contributed by atoms with Crippen molar-refractivity contribution in [3.05, 3.63) is 29.3 Å². The number of benzene rings is 1. The van der Waals surface area contributed by atoms with Gasteiger partial charge in [-0.25, -0.2) is 0 Å². The summed E-state index contributed by atoms with van der Waals surface area (Å²) in [6.07, 6.45) is 0. The van der Waals surface area contributed by atoms with E-state index in [1.54, 1.807) is 0 Å². The van der Waals surface area contributed by atoms with E-state index in [4.69, 9.17) is 15.2 Å². The van der Waals surface area contributed by atoms with E-state index in [9.17, 15) is 0 Å². The first-order valence-electron chi connectivity index (χ1n) is 5.61. The molecule has 3 nitrogen and oxygen atoms in total. The second-order valence-corrected chi connectivity index (χ2v) is 5.16. The Morgan fingerprint density at radius 3 is 2.81 bits per heavy atom. The molecule has 0 bridgehead atoms. The van der Waals surface area contributed by atoms with Crippen LogP contribution >= 0.6 is 0 Å². The molecule has 3 heteroatoms. The van der Waals surface area contributed by atoms with Gasteiger partial charge in [-0.1, -0.05) is 12.1 Å². The number of hydrogen-bond donors (Lipinski definition) is 1. The van der Waals surface area contributed by atoms with Gasteiger partial charge in [-0.3, -0.25) is 0 Å². The summed E-state index contributed by atoms with van der Waals surface area (Å²) >= 11 is 0. The average molecular weight is 221 g/mol. The molecular weight excluding hydrogens is 202 g/mol. The van der Waals surface area contributed by atoms with Crippen molar-refractivity contribution in [2.24, 2.45) is 5.73 Å². The van der Waals surface area contributed by atoms with E-state index < -0.39 is 0 Å². The first-order valence-corrected chi connectivity index (χ1v) is 5.61. The Kier molecular flexibility index (Phi) is 2.91. The largest absolute Gasteiger partial charge is 0.488 e. The van der Waals surface area contributed by atoms with E-state index >= 15 is 0 Å². The summed E-state index contributed by atoms with van der Waals surface area (Å²) in [5.74, 6) is 0.889. The first kappa shape index (κ1) is 11.4. The third-order valence-corrected chi connectivity index (χ3v) is 2.53. The SMILES string of the molecule is CC(C)(C)Oc1cccc2c1COC[C@H]2N. The second kappa shape index (κ2) is 4.07. The van der Waals surface area contributed by atoms with Crippen LogP contribution in [-0.2, 0) is 11.3 Å². The highest BCUT2D eigenvalue weighted by molar-refractivity contribution is 5.42. The normalized spacial score (nSPS) is 20.4. The highest BCUT2D eigenvalue weighted by atomic mass is 16.5. The summed E-state index contributed by atoms with van der Waals surface area (Å²) in [5, 5.41) is 0. The van der Waals surface area contributed by atoms with Gasteiger partial charge in [0.25, 0.3) is 0 Å². The van der Waals surface area contributed by atoms with Gasteiger partial charge in [0.1, 0.15) is 11.4 Å². The Morgan fingerprint density at radius 1 is 1.38 bits per heavy atom. The molecule has 2 N–H and O–H groups in total. The van der Waals surface area contributed by atoms with Crippen LogP contribution in [0.15, 0.2) is 18.2 Å². The van der Waals surface area contributed by atoms with E-state index in [0.29, 0.717) is 13.2 Å². The summed E-state index contributed by atoms with van der Waals surface area (Å²) in [5.41, 5.74) is 8.04. The quantitative estimate of drug-likeness (QED) is 0.792. The number of nitrogens with two attached hydrogens (primary N) is 1. The van der Waals surface area contributed by atoms with Crippen LogP contribution in [-0.4, -0.2) is 12.2 Å². The van der Waals surface area contributed by atoms with E-state index in [2.05, 4.69) is 6.07 Å². The van der Waals surface area contributed by atoms with Crippen molar-refractivity contribution in [3.63, 3.8) is 0 Å². The molecule has 1 aromatic rings. The Balaban J connectivity index is 2.36. The molecule has 0 unspecified atom stereocenters. The molecule has 0 amide bonds. The molecule has 1 atom stereocenters. The lowest BCUT2D eigenvalue weighted by atomic mass is 9.98. The third-order valence-electron chi connectivity index (χ3n) is 2.53. The zero-order chi connectivity index (χ0) is 11.8. The van der Waals surface area contributed by atoms with Crippen molar-refractivity contribution >= 4 is 0 Å². The minimum atomic E-state index is -0.198. The molecule has 0 fully saturated rings. The van der Waals surface area contributed by atoms with E-state index in [-0.39, 0.29) is 11.6 Å². The minimum Gasteiger partial charge on any atom is -0.488 e. The molecule has 2 rings (SSSR count). The van der Waals surface area contributed by atoms with Gasteiger partial charge in [0.2, 0.25) is 0 Å². The maximum absolute atomic E-state index is 6.00. The van der Waals surface area contributed by atoms with Crippen LogP contribution in [0.4, 0.5) is 0 Å². The van der Waals surface area contributed by atoms with Crippen LogP contribution in [0.5, 0.6) is 5.75 Å². The molecule has 0 aliphatic carbocycles. The van der Waals surface area contributed by atoms with E-state index in [1.165, 1.54) is 0 Å². The summed E-state index contributed by atoms with van der Waals surface area (Å²) in [4.78, 5) is 0. The van der Waals surface area contributed by atoms with Gasteiger partial charge in [0, 0.05) is 5.56 Å². The molecule has 1 aromatic carbocycles. The number of hydrogen-bond acceptors (Lipinski definition) is 3. The lowest BCUT2D eigenvalue weighted by Gasteiger charge is -2.28. The molecule has 0 radical (unpaired) electrons. The minimum absolute atomic E-state index is 0.0349. The molecule has 16 heavy (non-hydrogen) atoms. The fourth-order valence-corrected chi connectivity index (χ4v) is 1.89. The van der Waals surface area contributed by atoms with Crippen molar-refractivity contribution in [2.75, 3.05) is 6.61 Å². The predicted molar refractivity (Wildman–Crippen MR) is 63.4 cm³/mol. The van der Waals surface area contributed by atoms with Gasteiger partial charge in [0.15, 0.2) is 0 Å². The first-order chi connectivity index (χ1) is 7.47. The fraction of sp³-hybridized carbons (Fsp3) is 0.538. The van der Waals surface area contributed by atoms with Gasteiger partial charge in [-0.15, -0.1) is 0 Å². The highest BCUT2D eigenvalue weighted by Crippen LogP contribution is 2.32. The number of ether oxygens (including phenoxy) is 2. The number of fused-ring (bicyclic) bond motifs is 1. The smallest absolute Gasteiger partial charge is 0.125 e. The average Bonchev–Trinajstić information content (AvgIpc) is 2.17. The summed E-state index contributed by atoms with van der Waals surface area (Å²) in [6, 6.07) is 5.99. The summed E-state index contributed by atoms with van der Waals surface area (Å²) in [7, 11) is 0. The molecule has 0 saturated carbocycles. The Hall–Kier alpha value is -1.06. The lowest BCUT2D eigenvalue weighted by Crippen LogP contribution is -2.27. The van der Waals surface area contributed by atoms with Gasteiger partial charge >= 0.3 is 0 Å². The Labute approximate surface area is 96.5 Å². The van der Waals surface area contributed by atoms with Crippen molar-refractivity contribution in [1.29, 1.82) is 0 Å². The molecule has 0 aromatic heterocycles. The lowest BCUT2D eigenvalue weighted by molar-refractivity contribution is 0.0808. The fourth-order valence-electron chi connectivity index (χ4n) is 1.89. The highest BCUT2D eigenvalue weighted by Gasteiger charge is 2.22. The maximum Gasteiger partial charge on any atom is 0.125 e. The Morgan fingerprint density at radius 2 is 2.12 bits per heavy atom. The molecular formula is C13H19NO2. The molecule has 1 heterocycles. The van der Waals surface area contributed by atoms with Gasteiger partial charge in [-0.05, 0) is 32.4 Å². The van der Waals surface area contributed by atoms with Crippen molar-refractivity contribution < 1.29 is 9.47 Å². The van der Waals surface area contributed by atoms with Crippen molar-refractivity contribution in [1.82, 2.24) is 0 Å². The molecule has 88 valence electrons. The predicted octanol–water partition coefficient (Wildman–Crippen LogP) is 2.39. The van der Waals surface area contributed by atoms with Crippen molar-refractivity contribution in [2.45, 2.75) is 39.0 Å². The topological polar surface area (TPSA) is 44.5 Å². The van der Waals surface area contributed by atoms with Gasteiger partial charge in [-0.2, -0.15) is 0 Å². The third kappa shape index (κ3) is 2.36. The zero-order valence-corrected chi connectivity index (χ0v) is 10.1. The Bertz CT molecular complexity index is 382. The second-order valence-electron chi connectivity index (χ2n) is 5.16. The van der Waals surface area contributed by atoms with Crippen LogP contribution in [0.25, 0.3) is 0 Å². The zero-order valence-electron chi connectivity index (χ0n) is 10.1. The van der Waals surface area contributed by atoms with Gasteiger partial charge < -0.3 is 15.2 Å². The standard InChI is InChI=1S/C13H19NO2/c1-13(2,3)16-12-6-4-5-9-10(12)7-15-8-11(9)14/h4-6,11H,7-8,14H2,1-3H3/t11-/m1/s1. The van der Waals surface area contributed by atoms with E-state index in [0.717, 1.165) is 16.9 Å². The van der Waals surface area contributed by atoms with Crippen LogP contribution in [0.3, 0.4) is 0 Å². The van der Waals surface area contributed by atoms with E-state index in [1.807, 2.05) is 32.9 Å². The van der Waals surface area contributed by atoms with Crippen LogP contribution < -0.4 is 10.5 Å². The summed E-state index contributed by atoms with van der Waals surface area (Å²) in [6.45, 7) is 7.29. The van der Waals surface area contributed by atoms with Crippen LogP contribution in [0.2, 0.25) is 0 Å². The molecule has 1 aliphatic heterocycles. The molecule has 0 saturated heterocycles. The van der Waals surface area contributed by atoms with Crippen molar-refractivity contribution in [3.8, 4) is 5.75 Å². The van der Waals surface area contributed by atoms with Gasteiger partial charge in [0.05, 0.1) is 19.3 Å². The molecule has 0 spiro atoms.